The normalized spacial score (nSPS) is 11.3. The summed E-state index contributed by atoms with van der Waals surface area (Å²) in [6.45, 7) is 0. The fourth-order valence-corrected chi connectivity index (χ4v) is 1.75. The topological polar surface area (TPSA) is 107 Å². The molecule has 6 heteroatoms. The first-order valence-electron chi connectivity index (χ1n) is 3.86. The van der Waals surface area contributed by atoms with Gasteiger partial charge in [-0.3, -0.25) is 9.97 Å². The van der Waals surface area contributed by atoms with Crippen LogP contribution in [0.1, 0.15) is 11.1 Å². The fourth-order valence-electron chi connectivity index (χ4n) is 1.08. The number of amidine groups is 1. The Morgan fingerprint density at radius 2 is 2.14 bits per heavy atom. The lowest BCUT2D eigenvalue weighted by molar-refractivity contribution is 0.371. The summed E-state index contributed by atoms with van der Waals surface area (Å²) in [4.78, 5) is 17.5. The van der Waals surface area contributed by atoms with Gasteiger partial charge in [-0.15, -0.1) is 0 Å². The number of nitrogen functional groups attached to an aromatic ring is 1. The van der Waals surface area contributed by atoms with Gasteiger partial charge in [-0.25, -0.2) is 0 Å². The molecule has 76 valence electrons. The van der Waals surface area contributed by atoms with Crippen LogP contribution >= 0.6 is 7.60 Å². The average molecular weight is 214 g/mol. The molecule has 0 bridgehead atoms. The van der Waals surface area contributed by atoms with E-state index in [1.165, 1.54) is 6.07 Å². The number of rotatable bonds is 3. The summed E-state index contributed by atoms with van der Waals surface area (Å²) in [5.41, 5.74) is 6.18. The molecular weight excluding hydrogens is 203 g/mol. The molecule has 1 aromatic carbocycles. The van der Waals surface area contributed by atoms with Crippen molar-refractivity contribution in [3.63, 3.8) is 0 Å². The van der Waals surface area contributed by atoms with Crippen LogP contribution in [0.5, 0.6) is 0 Å². The summed E-state index contributed by atoms with van der Waals surface area (Å²) in [5.74, 6) is -0.113. The van der Waals surface area contributed by atoms with Crippen molar-refractivity contribution in [2.75, 3.05) is 0 Å². The van der Waals surface area contributed by atoms with E-state index in [-0.39, 0.29) is 12.0 Å². The predicted molar refractivity (Wildman–Crippen MR) is 53.2 cm³/mol. The fraction of sp³-hybridized carbons (Fsp3) is 0.125. The van der Waals surface area contributed by atoms with Crippen molar-refractivity contribution >= 4 is 13.4 Å². The molecule has 0 radical (unpaired) electrons. The Labute approximate surface area is 81.2 Å². The van der Waals surface area contributed by atoms with Gasteiger partial charge in [0.2, 0.25) is 0 Å². The lowest BCUT2D eigenvalue weighted by Gasteiger charge is -2.05. The van der Waals surface area contributed by atoms with Crippen LogP contribution in [0, 0.1) is 5.41 Å². The molecule has 0 aliphatic carbocycles. The van der Waals surface area contributed by atoms with Crippen LogP contribution in [0.25, 0.3) is 0 Å². The summed E-state index contributed by atoms with van der Waals surface area (Å²) < 4.78 is 10.7. The molecule has 5 nitrogen and oxygen atoms in total. The van der Waals surface area contributed by atoms with E-state index in [0.29, 0.717) is 11.1 Å². The minimum atomic E-state index is -4.05. The Morgan fingerprint density at radius 1 is 1.50 bits per heavy atom. The SMILES string of the molecule is N=C(N)c1cccc(CP(=O)(O)O)c1. The molecule has 0 atom stereocenters. The molecule has 0 aromatic heterocycles. The van der Waals surface area contributed by atoms with E-state index in [2.05, 4.69) is 0 Å². The second-order valence-electron chi connectivity index (χ2n) is 2.94. The van der Waals surface area contributed by atoms with Gasteiger partial charge in [0.05, 0.1) is 6.16 Å². The molecule has 0 heterocycles. The van der Waals surface area contributed by atoms with E-state index in [1.807, 2.05) is 0 Å². The van der Waals surface area contributed by atoms with Crippen molar-refractivity contribution in [2.45, 2.75) is 6.16 Å². The van der Waals surface area contributed by atoms with Crippen molar-refractivity contribution in [1.82, 2.24) is 0 Å². The Bertz CT molecular complexity index is 399. The predicted octanol–water partition coefficient (Wildman–Crippen LogP) is 0.648. The maximum absolute atomic E-state index is 10.7. The van der Waals surface area contributed by atoms with Crippen molar-refractivity contribution in [2.24, 2.45) is 5.73 Å². The molecule has 0 saturated heterocycles. The Kier molecular flexibility index (Phi) is 3.06. The van der Waals surface area contributed by atoms with Crippen LogP contribution in [0.3, 0.4) is 0 Å². The monoisotopic (exact) mass is 214 g/mol. The Hall–Kier alpha value is -1.16. The minimum absolute atomic E-state index is 0.113. The number of hydrogen-bond donors (Lipinski definition) is 4. The third kappa shape index (κ3) is 3.30. The minimum Gasteiger partial charge on any atom is -0.384 e. The summed E-state index contributed by atoms with van der Waals surface area (Å²) in [6.07, 6.45) is -0.325. The Morgan fingerprint density at radius 3 is 2.64 bits per heavy atom. The van der Waals surface area contributed by atoms with Gasteiger partial charge in [-0.2, -0.15) is 0 Å². The number of hydrogen-bond acceptors (Lipinski definition) is 2. The maximum Gasteiger partial charge on any atom is 0.329 e. The van der Waals surface area contributed by atoms with E-state index >= 15 is 0 Å². The van der Waals surface area contributed by atoms with Crippen LogP contribution in [0.2, 0.25) is 0 Å². The summed E-state index contributed by atoms with van der Waals surface area (Å²) >= 11 is 0. The van der Waals surface area contributed by atoms with Crippen LogP contribution in [-0.2, 0) is 10.7 Å². The molecule has 14 heavy (non-hydrogen) atoms. The zero-order chi connectivity index (χ0) is 10.8. The van der Waals surface area contributed by atoms with Crippen molar-refractivity contribution in [3.05, 3.63) is 35.4 Å². The van der Waals surface area contributed by atoms with Gasteiger partial charge < -0.3 is 15.5 Å². The largest absolute Gasteiger partial charge is 0.384 e. The van der Waals surface area contributed by atoms with Crippen molar-refractivity contribution < 1.29 is 14.4 Å². The maximum atomic E-state index is 10.7. The summed E-state index contributed by atoms with van der Waals surface area (Å²) in [6, 6.07) is 6.32. The van der Waals surface area contributed by atoms with Gasteiger partial charge >= 0.3 is 7.60 Å². The van der Waals surface area contributed by atoms with E-state index in [4.69, 9.17) is 20.9 Å². The van der Waals surface area contributed by atoms with Crippen LogP contribution in [0.4, 0.5) is 0 Å². The summed E-state index contributed by atoms with van der Waals surface area (Å²) in [5, 5.41) is 7.15. The Balaban J connectivity index is 2.95. The van der Waals surface area contributed by atoms with Gasteiger partial charge in [-0.05, 0) is 11.6 Å². The molecule has 0 amide bonds. The van der Waals surface area contributed by atoms with E-state index in [9.17, 15) is 4.57 Å². The third-order valence-corrected chi connectivity index (χ3v) is 2.40. The van der Waals surface area contributed by atoms with Crippen LogP contribution in [-0.4, -0.2) is 15.6 Å². The second-order valence-corrected chi connectivity index (χ2v) is 4.58. The highest BCUT2D eigenvalue weighted by Gasteiger charge is 2.14. The molecule has 0 fully saturated rings. The molecule has 1 aromatic rings. The van der Waals surface area contributed by atoms with E-state index in [1.54, 1.807) is 18.2 Å². The molecule has 1 rings (SSSR count). The lowest BCUT2D eigenvalue weighted by Crippen LogP contribution is -2.11. The second kappa shape index (κ2) is 3.92. The first kappa shape index (κ1) is 10.9. The van der Waals surface area contributed by atoms with Crippen LogP contribution < -0.4 is 5.73 Å². The lowest BCUT2D eigenvalue weighted by atomic mass is 10.1. The smallest absolute Gasteiger partial charge is 0.329 e. The van der Waals surface area contributed by atoms with Crippen molar-refractivity contribution in [3.8, 4) is 0 Å². The average Bonchev–Trinajstić information content (AvgIpc) is 2.01. The molecule has 0 spiro atoms. The van der Waals surface area contributed by atoms with E-state index in [0.717, 1.165) is 0 Å². The third-order valence-electron chi connectivity index (χ3n) is 1.63. The molecule has 0 saturated carbocycles. The van der Waals surface area contributed by atoms with Gasteiger partial charge in [0.15, 0.2) is 0 Å². The van der Waals surface area contributed by atoms with Gasteiger partial charge in [0.1, 0.15) is 5.84 Å². The van der Waals surface area contributed by atoms with Crippen LogP contribution in [0.15, 0.2) is 24.3 Å². The quantitative estimate of drug-likeness (QED) is 0.336. The van der Waals surface area contributed by atoms with E-state index < -0.39 is 7.60 Å². The van der Waals surface area contributed by atoms with Crippen molar-refractivity contribution in [1.29, 1.82) is 5.41 Å². The highest BCUT2D eigenvalue weighted by atomic mass is 31.2. The summed E-state index contributed by atoms with van der Waals surface area (Å²) in [7, 11) is -4.05. The zero-order valence-electron chi connectivity index (χ0n) is 7.34. The molecule has 0 aliphatic rings. The molecule has 0 unspecified atom stereocenters. The first-order valence-corrected chi connectivity index (χ1v) is 5.66. The molecule has 5 N–H and O–H groups in total. The zero-order valence-corrected chi connectivity index (χ0v) is 8.24. The standard InChI is InChI=1S/C8H11N2O3P/c9-8(10)7-3-1-2-6(4-7)5-14(11,12)13/h1-4H,5H2,(H3,9,10)(H2,11,12,13). The van der Waals surface area contributed by atoms with Gasteiger partial charge in [-0.1, -0.05) is 18.2 Å². The highest BCUT2D eigenvalue weighted by molar-refractivity contribution is 7.50. The number of nitrogens with two attached hydrogens (primary N) is 1. The highest BCUT2D eigenvalue weighted by Crippen LogP contribution is 2.38. The number of nitrogens with one attached hydrogen (secondary N) is 1. The van der Waals surface area contributed by atoms with Gasteiger partial charge in [0.25, 0.3) is 0 Å². The molecule has 0 aliphatic heterocycles. The molecular formula is C8H11N2O3P. The van der Waals surface area contributed by atoms with Gasteiger partial charge in [0, 0.05) is 5.56 Å². The first-order chi connectivity index (χ1) is 6.38. The number of benzene rings is 1.